The Bertz CT molecular complexity index is 773. The van der Waals surface area contributed by atoms with E-state index in [4.69, 9.17) is 4.74 Å². The predicted molar refractivity (Wildman–Crippen MR) is 93.7 cm³/mol. The molecule has 122 valence electrons. The molecule has 5 nitrogen and oxygen atoms in total. The van der Waals surface area contributed by atoms with Gasteiger partial charge in [0.1, 0.15) is 0 Å². The van der Waals surface area contributed by atoms with Crippen LogP contribution in [0.3, 0.4) is 0 Å². The number of ether oxygens (including phenoxy) is 1. The third-order valence-electron chi connectivity index (χ3n) is 3.60. The van der Waals surface area contributed by atoms with Crippen molar-refractivity contribution in [2.24, 2.45) is 5.10 Å². The zero-order chi connectivity index (χ0) is 16.9. The average Bonchev–Trinajstić information content (AvgIpc) is 3.11. The average molecular weight is 387 g/mol. The van der Waals surface area contributed by atoms with E-state index in [1.807, 2.05) is 30.3 Å². The van der Waals surface area contributed by atoms with Gasteiger partial charge in [-0.2, -0.15) is 5.10 Å². The molecule has 2 aromatic rings. The van der Waals surface area contributed by atoms with E-state index in [2.05, 4.69) is 21.0 Å². The van der Waals surface area contributed by atoms with Crippen molar-refractivity contribution in [3.8, 4) is 0 Å². The molecule has 0 saturated carbocycles. The van der Waals surface area contributed by atoms with Gasteiger partial charge in [-0.25, -0.2) is 9.80 Å². The van der Waals surface area contributed by atoms with Crippen LogP contribution in [0.25, 0.3) is 0 Å². The molecule has 0 aliphatic carbocycles. The number of hydrogen-bond donors (Lipinski definition) is 0. The standard InChI is InChI=1S/C18H15BrN2O3/c19-15-8-6-14(7-9-15)18(23)24-12-17(22)21-11-10-16(20-21)13-4-2-1-3-5-13/h1-9H,10-12H2. The molecule has 0 atom stereocenters. The maximum atomic E-state index is 12.1. The van der Waals surface area contributed by atoms with Gasteiger partial charge in [0.05, 0.1) is 17.8 Å². The van der Waals surface area contributed by atoms with Crippen LogP contribution in [0.2, 0.25) is 0 Å². The molecule has 0 aromatic heterocycles. The number of rotatable bonds is 4. The van der Waals surface area contributed by atoms with Crippen molar-refractivity contribution < 1.29 is 14.3 Å². The van der Waals surface area contributed by atoms with Crippen molar-refractivity contribution >= 4 is 33.5 Å². The summed E-state index contributed by atoms with van der Waals surface area (Å²) < 4.78 is 5.94. The van der Waals surface area contributed by atoms with E-state index in [-0.39, 0.29) is 12.5 Å². The van der Waals surface area contributed by atoms with Crippen molar-refractivity contribution in [2.75, 3.05) is 13.2 Å². The van der Waals surface area contributed by atoms with Gasteiger partial charge in [-0.3, -0.25) is 4.79 Å². The lowest BCUT2D eigenvalue weighted by atomic mass is 10.1. The lowest BCUT2D eigenvalue weighted by Gasteiger charge is -2.11. The molecule has 2 aromatic carbocycles. The summed E-state index contributed by atoms with van der Waals surface area (Å²) in [5.41, 5.74) is 2.27. The quantitative estimate of drug-likeness (QED) is 0.757. The van der Waals surface area contributed by atoms with E-state index in [1.54, 1.807) is 24.3 Å². The highest BCUT2D eigenvalue weighted by Crippen LogP contribution is 2.14. The molecule has 0 saturated heterocycles. The summed E-state index contributed by atoms with van der Waals surface area (Å²) >= 11 is 3.30. The van der Waals surface area contributed by atoms with Crippen LogP contribution in [0.1, 0.15) is 22.3 Å². The lowest BCUT2D eigenvalue weighted by Crippen LogP contribution is -2.28. The van der Waals surface area contributed by atoms with Crippen molar-refractivity contribution in [2.45, 2.75) is 6.42 Å². The molecule has 0 N–H and O–H groups in total. The number of carbonyl (C=O) groups is 2. The van der Waals surface area contributed by atoms with Crippen molar-refractivity contribution in [1.29, 1.82) is 0 Å². The SMILES string of the molecule is O=C(OCC(=O)N1CCC(c2ccccc2)=N1)c1ccc(Br)cc1. The van der Waals surface area contributed by atoms with E-state index < -0.39 is 5.97 Å². The zero-order valence-corrected chi connectivity index (χ0v) is 14.4. The molecule has 3 rings (SSSR count). The monoisotopic (exact) mass is 386 g/mol. The molecule has 0 radical (unpaired) electrons. The number of amides is 1. The van der Waals surface area contributed by atoms with E-state index in [0.717, 1.165) is 15.7 Å². The Balaban J connectivity index is 1.57. The predicted octanol–water partition coefficient (Wildman–Crippen LogP) is 3.24. The van der Waals surface area contributed by atoms with E-state index in [9.17, 15) is 9.59 Å². The van der Waals surface area contributed by atoms with Crippen LogP contribution in [-0.2, 0) is 9.53 Å². The second-order valence-electron chi connectivity index (χ2n) is 5.26. The third kappa shape index (κ3) is 3.89. The molecular formula is C18H15BrN2O3. The Kier molecular flexibility index (Phi) is 5.05. The fourth-order valence-corrected chi connectivity index (χ4v) is 2.61. The highest BCUT2D eigenvalue weighted by atomic mass is 79.9. The Labute approximate surface area is 148 Å². The summed E-state index contributed by atoms with van der Waals surface area (Å²) in [5.74, 6) is -0.853. The molecule has 0 bridgehead atoms. The fraction of sp³-hybridized carbons (Fsp3) is 0.167. The van der Waals surface area contributed by atoms with Gasteiger partial charge < -0.3 is 4.74 Å². The molecule has 1 aliphatic rings. The van der Waals surface area contributed by atoms with Gasteiger partial charge in [0, 0.05) is 10.9 Å². The van der Waals surface area contributed by atoms with Crippen molar-refractivity contribution in [1.82, 2.24) is 5.01 Å². The number of nitrogens with zero attached hydrogens (tertiary/aromatic N) is 2. The minimum atomic E-state index is -0.526. The number of carbonyl (C=O) groups excluding carboxylic acids is 2. The number of halogens is 1. The fourth-order valence-electron chi connectivity index (χ4n) is 2.34. The van der Waals surface area contributed by atoms with Gasteiger partial charge in [0.25, 0.3) is 5.91 Å². The van der Waals surface area contributed by atoms with Crippen LogP contribution in [0.15, 0.2) is 64.2 Å². The summed E-state index contributed by atoms with van der Waals surface area (Å²) in [6.07, 6.45) is 0.691. The lowest BCUT2D eigenvalue weighted by molar-refractivity contribution is -0.134. The van der Waals surface area contributed by atoms with Gasteiger partial charge in [0.2, 0.25) is 0 Å². The molecule has 1 amide bonds. The van der Waals surface area contributed by atoms with Gasteiger partial charge in [-0.05, 0) is 29.8 Å². The van der Waals surface area contributed by atoms with Crippen LogP contribution < -0.4 is 0 Å². The van der Waals surface area contributed by atoms with Crippen molar-refractivity contribution in [3.05, 3.63) is 70.2 Å². The summed E-state index contributed by atoms with van der Waals surface area (Å²) in [4.78, 5) is 24.1. The smallest absolute Gasteiger partial charge is 0.338 e. The first kappa shape index (κ1) is 16.4. The van der Waals surface area contributed by atoms with E-state index >= 15 is 0 Å². The minimum Gasteiger partial charge on any atom is -0.452 e. The molecule has 1 aliphatic heterocycles. The Morgan fingerprint density at radius 2 is 1.79 bits per heavy atom. The maximum absolute atomic E-state index is 12.1. The molecule has 0 spiro atoms. The number of hydrogen-bond acceptors (Lipinski definition) is 4. The Hall–Kier alpha value is -2.47. The summed E-state index contributed by atoms with van der Waals surface area (Å²) in [5, 5.41) is 5.68. The maximum Gasteiger partial charge on any atom is 0.338 e. The van der Waals surface area contributed by atoms with Gasteiger partial charge >= 0.3 is 5.97 Å². The van der Waals surface area contributed by atoms with Gasteiger partial charge in [-0.1, -0.05) is 46.3 Å². The van der Waals surface area contributed by atoms with Crippen LogP contribution in [0, 0.1) is 0 Å². The third-order valence-corrected chi connectivity index (χ3v) is 4.13. The van der Waals surface area contributed by atoms with Crippen LogP contribution in [0.5, 0.6) is 0 Å². The van der Waals surface area contributed by atoms with Gasteiger partial charge in [-0.15, -0.1) is 0 Å². The second-order valence-corrected chi connectivity index (χ2v) is 6.18. The highest BCUT2D eigenvalue weighted by molar-refractivity contribution is 9.10. The normalized spacial score (nSPS) is 13.5. The molecule has 0 fully saturated rings. The minimum absolute atomic E-state index is 0.319. The molecule has 6 heteroatoms. The van der Waals surface area contributed by atoms with E-state index in [0.29, 0.717) is 18.5 Å². The molecule has 0 unspecified atom stereocenters. The van der Waals surface area contributed by atoms with Crippen molar-refractivity contribution in [3.63, 3.8) is 0 Å². The Morgan fingerprint density at radius 1 is 1.08 bits per heavy atom. The van der Waals surface area contributed by atoms with Crippen LogP contribution in [-0.4, -0.2) is 35.7 Å². The number of hydrazone groups is 1. The zero-order valence-electron chi connectivity index (χ0n) is 12.8. The number of benzene rings is 2. The molecule has 24 heavy (non-hydrogen) atoms. The topological polar surface area (TPSA) is 59.0 Å². The molecular weight excluding hydrogens is 372 g/mol. The van der Waals surface area contributed by atoms with Crippen LogP contribution in [0.4, 0.5) is 0 Å². The Morgan fingerprint density at radius 3 is 2.50 bits per heavy atom. The summed E-state index contributed by atoms with van der Waals surface area (Å²) in [6, 6.07) is 16.5. The van der Waals surface area contributed by atoms with Gasteiger partial charge in [0.15, 0.2) is 6.61 Å². The second kappa shape index (κ2) is 7.40. The summed E-state index contributed by atoms with van der Waals surface area (Å²) in [7, 11) is 0. The largest absolute Gasteiger partial charge is 0.452 e. The number of esters is 1. The van der Waals surface area contributed by atoms with E-state index in [1.165, 1.54) is 5.01 Å². The van der Waals surface area contributed by atoms with Crippen LogP contribution >= 0.6 is 15.9 Å². The first-order chi connectivity index (χ1) is 11.6. The highest BCUT2D eigenvalue weighted by Gasteiger charge is 2.22. The first-order valence-corrected chi connectivity index (χ1v) is 8.29. The summed E-state index contributed by atoms with van der Waals surface area (Å²) in [6.45, 7) is 0.180. The molecule has 1 heterocycles. The first-order valence-electron chi connectivity index (χ1n) is 7.49.